The Kier molecular flexibility index (Phi) is 3.71. The first-order valence-corrected chi connectivity index (χ1v) is 7.24. The number of aromatic nitrogens is 4. The number of nitrogens with zero attached hydrogens (tertiary/aromatic N) is 4. The highest BCUT2D eigenvalue weighted by atomic mass is 32.2. The molecule has 2 N–H and O–H groups in total. The molecule has 2 unspecified atom stereocenters. The van der Waals surface area contributed by atoms with Crippen LogP contribution in [0.3, 0.4) is 0 Å². The lowest BCUT2D eigenvalue weighted by atomic mass is 10.2. The first-order chi connectivity index (χ1) is 8.58. The zero-order valence-corrected chi connectivity index (χ0v) is 11.1. The van der Waals surface area contributed by atoms with Crippen LogP contribution in [0.5, 0.6) is 0 Å². The Morgan fingerprint density at radius 1 is 1.50 bits per heavy atom. The topological polar surface area (TPSA) is 86.7 Å². The molecule has 0 aliphatic heterocycles. The van der Waals surface area contributed by atoms with Gasteiger partial charge < -0.3 is 5.73 Å². The second-order valence-electron chi connectivity index (χ2n) is 4.16. The summed E-state index contributed by atoms with van der Waals surface area (Å²) in [4.78, 5) is 0. The lowest BCUT2D eigenvalue weighted by molar-refractivity contribution is 0.521. The highest BCUT2D eigenvalue weighted by Gasteiger charge is 2.15. The van der Waals surface area contributed by atoms with Crippen molar-refractivity contribution in [1.82, 2.24) is 20.2 Å². The third-order valence-corrected chi connectivity index (χ3v) is 3.48. The Hall–Kier alpha value is -1.76. The zero-order chi connectivity index (χ0) is 13.1. The van der Waals surface area contributed by atoms with Gasteiger partial charge in [-0.1, -0.05) is 12.1 Å². The van der Waals surface area contributed by atoms with Crippen LogP contribution in [0.1, 0.15) is 13.0 Å². The van der Waals surface area contributed by atoms with E-state index in [9.17, 15) is 4.21 Å². The number of anilines is 1. The normalized spacial score (nSPS) is 14.3. The molecule has 1 aromatic heterocycles. The quantitative estimate of drug-likeness (QED) is 0.829. The van der Waals surface area contributed by atoms with Gasteiger partial charge in [0, 0.05) is 34.1 Å². The first kappa shape index (κ1) is 12.7. The van der Waals surface area contributed by atoms with E-state index in [2.05, 4.69) is 15.5 Å². The summed E-state index contributed by atoms with van der Waals surface area (Å²) in [6.45, 7) is 1.94. The van der Waals surface area contributed by atoms with Gasteiger partial charge in [0.25, 0.3) is 0 Å². The fourth-order valence-corrected chi connectivity index (χ4v) is 2.59. The van der Waals surface area contributed by atoms with E-state index in [4.69, 9.17) is 5.73 Å². The fraction of sp³-hybridized carbons (Fsp3) is 0.364. The Morgan fingerprint density at radius 3 is 2.94 bits per heavy atom. The van der Waals surface area contributed by atoms with Crippen molar-refractivity contribution >= 4 is 16.5 Å². The highest BCUT2D eigenvalue weighted by molar-refractivity contribution is 7.84. The molecule has 0 aliphatic rings. The van der Waals surface area contributed by atoms with Gasteiger partial charge in [0.1, 0.15) is 0 Å². The number of nitrogen functional groups attached to an aromatic ring is 1. The second kappa shape index (κ2) is 5.26. The van der Waals surface area contributed by atoms with Gasteiger partial charge in [-0.25, -0.2) is 4.68 Å². The molecule has 6 nitrogen and oxygen atoms in total. The van der Waals surface area contributed by atoms with Crippen LogP contribution in [0.25, 0.3) is 11.4 Å². The van der Waals surface area contributed by atoms with Gasteiger partial charge in [0.2, 0.25) is 0 Å². The molecule has 2 atom stereocenters. The molecule has 0 saturated carbocycles. The van der Waals surface area contributed by atoms with Crippen LogP contribution in [0.15, 0.2) is 24.3 Å². The van der Waals surface area contributed by atoms with Crippen LogP contribution >= 0.6 is 0 Å². The van der Waals surface area contributed by atoms with Crippen LogP contribution in [0.2, 0.25) is 0 Å². The monoisotopic (exact) mass is 265 g/mol. The second-order valence-corrected chi connectivity index (χ2v) is 5.64. The van der Waals surface area contributed by atoms with Gasteiger partial charge in [-0.05, 0) is 29.5 Å². The third kappa shape index (κ3) is 2.73. The van der Waals surface area contributed by atoms with Crippen LogP contribution in [-0.4, -0.2) is 36.4 Å². The van der Waals surface area contributed by atoms with Gasteiger partial charge in [0.15, 0.2) is 5.82 Å². The van der Waals surface area contributed by atoms with E-state index in [1.807, 2.05) is 31.2 Å². The maximum atomic E-state index is 11.3. The summed E-state index contributed by atoms with van der Waals surface area (Å²) >= 11 is 0. The number of hydrogen-bond donors (Lipinski definition) is 1. The van der Waals surface area contributed by atoms with Gasteiger partial charge in [-0.15, -0.1) is 5.10 Å². The molecule has 0 aliphatic carbocycles. The van der Waals surface area contributed by atoms with Crippen LogP contribution in [0.4, 0.5) is 5.69 Å². The van der Waals surface area contributed by atoms with Crippen molar-refractivity contribution in [2.75, 3.05) is 17.7 Å². The van der Waals surface area contributed by atoms with Gasteiger partial charge >= 0.3 is 0 Å². The van der Waals surface area contributed by atoms with Crippen molar-refractivity contribution in [3.63, 3.8) is 0 Å². The first-order valence-electron chi connectivity index (χ1n) is 5.51. The average molecular weight is 265 g/mol. The summed E-state index contributed by atoms with van der Waals surface area (Å²) in [6, 6.07) is 7.35. The molecule has 2 aromatic rings. The lowest BCUT2D eigenvalue weighted by Crippen LogP contribution is -2.15. The van der Waals surface area contributed by atoms with Crippen LogP contribution in [-0.2, 0) is 10.8 Å². The van der Waals surface area contributed by atoms with Gasteiger partial charge in [0.05, 0.1) is 6.04 Å². The lowest BCUT2D eigenvalue weighted by Gasteiger charge is -2.11. The maximum Gasteiger partial charge on any atom is 0.182 e. The molecule has 0 amide bonds. The number of benzene rings is 1. The van der Waals surface area contributed by atoms with Gasteiger partial charge in [-0.3, -0.25) is 4.21 Å². The molecule has 0 saturated heterocycles. The largest absolute Gasteiger partial charge is 0.399 e. The number of tetrazole rings is 1. The Morgan fingerprint density at radius 2 is 2.28 bits per heavy atom. The molecule has 0 radical (unpaired) electrons. The van der Waals surface area contributed by atoms with E-state index < -0.39 is 10.8 Å². The van der Waals surface area contributed by atoms with E-state index >= 15 is 0 Å². The minimum Gasteiger partial charge on any atom is -0.399 e. The van der Waals surface area contributed by atoms with Gasteiger partial charge in [-0.2, -0.15) is 0 Å². The number of hydrogen-bond acceptors (Lipinski definition) is 5. The number of rotatable bonds is 4. The average Bonchev–Trinajstić information content (AvgIpc) is 2.76. The molecule has 0 fully saturated rings. The molecule has 96 valence electrons. The zero-order valence-electron chi connectivity index (χ0n) is 10.3. The fourth-order valence-electron chi connectivity index (χ4n) is 1.77. The van der Waals surface area contributed by atoms with Crippen molar-refractivity contribution in [3.8, 4) is 11.4 Å². The minimum absolute atomic E-state index is 0.0257. The predicted molar refractivity (Wildman–Crippen MR) is 71.3 cm³/mol. The molecule has 2 rings (SSSR count). The summed E-state index contributed by atoms with van der Waals surface area (Å²) in [5.74, 6) is 1.15. The van der Waals surface area contributed by atoms with E-state index in [0.717, 1.165) is 5.56 Å². The maximum absolute atomic E-state index is 11.3. The Balaban J connectivity index is 2.35. The molecule has 1 heterocycles. The van der Waals surface area contributed by atoms with Crippen molar-refractivity contribution in [2.24, 2.45) is 0 Å². The van der Waals surface area contributed by atoms with E-state index in [0.29, 0.717) is 17.3 Å². The summed E-state index contributed by atoms with van der Waals surface area (Å²) in [7, 11) is -0.890. The molecule has 18 heavy (non-hydrogen) atoms. The molecule has 7 heteroatoms. The predicted octanol–water partition coefficient (Wildman–Crippen LogP) is 0.862. The van der Waals surface area contributed by atoms with Crippen molar-refractivity contribution in [1.29, 1.82) is 0 Å². The third-order valence-electron chi connectivity index (χ3n) is 2.53. The minimum atomic E-state index is -0.890. The van der Waals surface area contributed by atoms with Crippen molar-refractivity contribution in [2.45, 2.75) is 13.0 Å². The molecule has 1 aromatic carbocycles. The SMILES string of the molecule is CC(CS(C)=O)n1nnnc1-c1cccc(N)c1. The molecule has 0 spiro atoms. The highest BCUT2D eigenvalue weighted by Crippen LogP contribution is 2.21. The Bertz CT molecular complexity index is 568. The summed E-state index contributed by atoms with van der Waals surface area (Å²) in [5, 5.41) is 11.6. The van der Waals surface area contributed by atoms with E-state index in [1.165, 1.54) is 0 Å². The Labute approximate surface area is 108 Å². The van der Waals surface area contributed by atoms with E-state index in [-0.39, 0.29) is 6.04 Å². The van der Waals surface area contributed by atoms with E-state index in [1.54, 1.807) is 10.9 Å². The van der Waals surface area contributed by atoms with Crippen molar-refractivity contribution < 1.29 is 4.21 Å². The van der Waals surface area contributed by atoms with Crippen LogP contribution < -0.4 is 5.73 Å². The molecular weight excluding hydrogens is 250 g/mol. The summed E-state index contributed by atoms with van der Waals surface area (Å²) in [6.07, 6.45) is 1.67. The molecule has 0 bridgehead atoms. The summed E-state index contributed by atoms with van der Waals surface area (Å²) in [5.41, 5.74) is 7.26. The smallest absolute Gasteiger partial charge is 0.182 e. The summed E-state index contributed by atoms with van der Waals surface area (Å²) < 4.78 is 12.9. The standard InChI is InChI=1S/C11H15N5OS/c1-8(7-18(2)17)16-11(13-14-15-16)9-4-3-5-10(12)6-9/h3-6,8H,7,12H2,1-2H3. The molecular formula is C11H15N5OS. The number of nitrogens with two attached hydrogens (primary N) is 1. The van der Waals surface area contributed by atoms with Crippen LogP contribution in [0, 0.1) is 0 Å². The van der Waals surface area contributed by atoms with Crippen molar-refractivity contribution in [3.05, 3.63) is 24.3 Å².